The Hall–Kier alpha value is -3.12. The SMILES string of the molecule is CC(C)CCNC(=O)c1ccccc1N(Cc1ccccc1)S(=O)(=O)c1ccccc1. The van der Waals surface area contributed by atoms with E-state index in [0.717, 1.165) is 12.0 Å². The summed E-state index contributed by atoms with van der Waals surface area (Å²) in [7, 11) is -3.89. The molecule has 162 valence electrons. The Morgan fingerprint density at radius 3 is 2.10 bits per heavy atom. The Morgan fingerprint density at radius 2 is 1.45 bits per heavy atom. The molecule has 0 heterocycles. The molecule has 0 unspecified atom stereocenters. The average Bonchev–Trinajstić information content (AvgIpc) is 2.78. The number of hydrogen-bond acceptors (Lipinski definition) is 3. The molecule has 6 heteroatoms. The Labute approximate surface area is 184 Å². The van der Waals surface area contributed by atoms with Crippen LogP contribution in [0.25, 0.3) is 0 Å². The third kappa shape index (κ3) is 5.73. The van der Waals surface area contributed by atoms with Crippen molar-refractivity contribution in [1.29, 1.82) is 0 Å². The van der Waals surface area contributed by atoms with E-state index in [1.54, 1.807) is 54.6 Å². The Kier molecular flexibility index (Phi) is 7.47. The first-order chi connectivity index (χ1) is 14.9. The highest BCUT2D eigenvalue weighted by molar-refractivity contribution is 7.92. The summed E-state index contributed by atoms with van der Waals surface area (Å²) in [6.45, 7) is 4.84. The Bertz CT molecular complexity index is 1100. The van der Waals surface area contributed by atoms with Crippen molar-refractivity contribution < 1.29 is 13.2 Å². The first-order valence-electron chi connectivity index (χ1n) is 10.4. The lowest BCUT2D eigenvalue weighted by atomic mass is 10.1. The van der Waals surface area contributed by atoms with Gasteiger partial charge in [-0.15, -0.1) is 0 Å². The number of nitrogens with one attached hydrogen (secondary N) is 1. The molecule has 3 aromatic rings. The minimum Gasteiger partial charge on any atom is -0.352 e. The summed E-state index contributed by atoms with van der Waals surface area (Å²) in [5.41, 5.74) is 1.52. The fourth-order valence-electron chi connectivity index (χ4n) is 3.22. The van der Waals surface area contributed by atoms with Gasteiger partial charge >= 0.3 is 0 Å². The zero-order chi connectivity index (χ0) is 22.3. The molecule has 0 radical (unpaired) electrons. The van der Waals surface area contributed by atoms with Crippen LogP contribution < -0.4 is 9.62 Å². The number of carbonyl (C=O) groups excluding carboxylic acids is 1. The molecule has 5 nitrogen and oxygen atoms in total. The molecule has 0 fully saturated rings. The van der Waals surface area contributed by atoms with Crippen molar-refractivity contribution in [3.8, 4) is 0 Å². The molecule has 31 heavy (non-hydrogen) atoms. The number of rotatable bonds is 9. The molecule has 0 saturated carbocycles. The molecule has 3 aromatic carbocycles. The highest BCUT2D eigenvalue weighted by Crippen LogP contribution is 2.29. The number of anilines is 1. The topological polar surface area (TPSA) is 66.5 Å². The lowest BCUT2D eigenvalue weighted by Crippen LogP contribution is -2.34. The molecule has 0 aliphatic rings. The van der Waals surface area contributed by atoms with E-state index >= 15 is 0 Å². The predicted molar refractivity (Wildman–Crippen MR) is 124 cm³/mol. The second-order valence-corrected chi connectivity index (χ2v) is 9.63. The maximum atomic E-state index is 13.6. The maximum Gasteiger partial charge on any atom is 0.264 e. The normalized spacial score (nSPS) is 11.3. The number of hydrogen-bond donors (Lipinski definition) is 1. The fourth-order valence-corrected chi connectivity index (χ4v) is 4.71. The second-order valence-electron chi connectivity index (χ2n) is 7.77. The Morgan fingerprint density at radius 1 is 0.871 bits per heavy atom. The van der Waals surface area contributed by atoms with E-state index in [2.05, 4.69) is 19.2 Å². The monoisotopic (exact) mass is 436 g/mol. The average molecular weight is 437 g/mol. The van der Waals surface area contributed by atoms with Crippen LogP contribution >= 0.6 is 0 Å². The van der Waals surface area contributed by atoms with Crippen LogP contribution in [0.2, 0.25) is 0 Å². The molecular formula is C25H28N2O3S. The highest BCUT2D eigenvalue weighted by atomic mass is 32.2. The van der Waals surface area contributed by atoms with Crippen LogP contribution in [0.5, 0.6) is 0 Å². The number of sulfonamides is 1. The van der Waals surface area contributed by atoms with Crippen molar-refractivity contribution in [2.24, 2.45) is 5.92 Å². The van der Waals surface area contributed by atoms with E-state index in [-0.39, 0.29) is 17.3 Å². The van der Waals surface area contributed by atoms with Gasteiger partial charge in [-0.25, -0.2) is 8.42 Å². The number of amides is 1. The molecule has 0 atom stereocenters. The number of benzene rings is 3. The second kappa shape index (κ2) is 10.3. The van der Waals surface area contributed by atoms with Crippen LogP contribution in [0.1, 0.15) is 36.2 Å². The van der Waals surface area contributed by atoms with Crippen molar-refractivity contribution in [1.82, 2.24) is 5.32 Å². The van der Waals surface area contributed by atoms with E-state index in [0.29, 0.717) is 23.7 Å². The van der Waals surface area contributed by atoms with Gasteiger partial charge in [-0.2, -0.15) is 0 Å². The molecule has 1 N–H and O–H groups in total. The zero-order valence-corrected chi connectivity index (χ0v) is 18.7. The van der Waals surface area contributed by atoms with Gasteiger partial charge in [-0.3, -0.25) is 9.10 Å². The molecule has 1 amide bonds. The van der Waals surface area contributed by atoms with Crippen molar-refractivity contribution >= 4 is 21.6 Å². The first kappa shape index (κ1) is 22.6. The molecule has 0 aromatic heterocycles. The zero-order valence-electron chi connectivity index (χ0n) is 17.9. The van der Waals surface area contributed by atoms with Crippen LogP contribution in [0.3, 0.4) is 0 Å². The largest absolute Gasteiger partial charge is 0.352 e. The van der Waals surface area contributed by atoms with Crippen LogP contribution in [0, 0.1) is 5.92 Å². The van der Waals surface area contributed by atoms with Crippen LogP contribution in [0.15, 0.2) is 89.8 Å². The summed E-state index contributed by atoms with van der Waals surface area (Å²) in [6.07, 6.45) is 0.851. The number of carbonyl (C=O) groups is 1. The van der Waals surface area contributed by atoms with E-state index in [9.17, 15) is 13.2 Å². The lowest BCUT2D eigenvalue weighted by molar-refractivity contribution is 0.0952. The van der Waals surface area contributed by atoms with E-state index in [1.165, 1.54) is 4.31 Å². The summed E-state index contributed by atoms with van der Waals surface area (Å²) in [5.74, 6) is 0.182. The van der Waals surface area contributed by atoms with Crippen LogP contribution in [0.4, 0.5) is 5.69 Å². The Balaban J connectivity index is 2.03. The summed E-state index contributed by atoms with van der Waals surface area (Å²) in [4.78, 5) is 13.1. The van der Waals surface area contributed by atoms with Gasteiger partial charge in [-0.05, 0) is 42.2 Å². The third-order valence-corrected chi connectivity index (χ3v) is 6.70. The summed E-state index contributed by atoms with van der Waals surface area (Å²) in [5, 5.41) is 2.92. The van der Waals surface area contributed by atoms with Crippen LogP contribution in [-0.4, -0.2) is 20.9 Å². The van der Waals surface area contributed by atoms with Gasteiger partial charge in [0.15, 0.2) is 0 Å². The third-order valence-electron chi connectivity index (χ3n) is 4.92. The molecule has 0 bridgehead atoms. The smallest absolute Gasteiger partial charge is 0.264 e. The lowest BCUT2D eigenvalue weighted by Gasteiger charge is -2.26. The standard InChI is InChI=1S/C25H28N2O3S/c1-20(2)17-18-26-25(28)23-15-9-10-16-24(23)27(19-21-11-5-3-6-12-21)31(29,30)22-13-7-4-8-14-22/h3-16,20H,17-19H2,1-2H3,(H,26,28). The van der Waals surface area contributed by atoms with Crippen LogP contribution in [-0.2, 0) is 16.6 Å². The molecule has 0 spiro atoms. The van der Waals surface area contributed by atoms with Crippen molar-refractivity contribution in [3.05, 3.63) is 96.1 Å². The molecule has 0 saturated heterocycles. The van der Waals surface area contributed by atoms with E-state index in [1.807, 2.05) is 30.3 Å². The molecule has 0 aliphatic heterocycles. The van der Waals surface area contributed by atoms with Gasteiger partial charge in [0.1, 0.15) is 0 Å². The van der Waals surface area contributed by atoms with Gasteiger partial charge in [0.05, 0.1) is 22.7 Å². The van der Waals surface area contributed by atoms with Crippen molar-refractivity contribution in [2.45, 2.75) is 31.7 Å². The number of nitrogens with zero attached hydrogens (tertiary/aromatic N) is 1. The van der Waals surface area contributed by atoms with Gasteiger partial charge in [0.2, 0.25) is 0 Å². The van der Waals surface area contributed by atoms with Gasteiger partial charge in [0, 0.05) is 6.54 Å². The van der Waals surface area contributed by atoms with E-state index in [4.69, 9.17) is 0 Å². The predicted octanol–water partition coefficient (Wildman–Crippen LogP) is 4.86. The maximum absolute atomic E-state index is 13.6. The highest BCUT2D eigenvalue weighted by Gasteiger charge is 2.28. The summed E-state index contributed by atoms with van der Waals surface area (Å²) in [6, 6.07) is 24.5. The summed E-state index contributed by atoms with van der Waals surface area (Å²) >= 11 is 0. The number of para-hydroxylation sites is 1. The van der Waals surface area contributed by atoms with Crippen molar-refractivity contribution in [2.75, 3.05) is 10.8 Å². The molecule has 3 rings (SSSR count). The quantitative estimate of drug-likeness (QED) is 0.521. The van der Waals surface area contributed by atoms with Gasteiger partial charge in [-0.1, -0.05) is 74.5 Å². The molecule has 0 aliphatic carbocycles. The minimum atomic E-state index is -3.89. The molecular weight excluding hydrogens is 408 g/mol. The van der Waals surface area contributed by atoms with Crippen molar-refractivity contribution in [3.63, 3.8) is 0 Å². The minimum absolute atomic E-state index is 0.119. The summed E-state index contributed by atoms with van der Waals surface area (Å²) < 4.78 is 28.5. The van der Waals surface area contributed by atoms with E-state index < -0.39 is 10.0 Å². The van der Waals surface area contributed by atoms with Gasteiger partial charge < -0.3 is 5.32 Å². The first-order valence-corrected chi connectivity index (χ1v) is 11.8. The fraction of sp³-hybridized carbons (Fsp3) is 0.240. The van der Waals surface area contributed by atoms with Gasteiger partial charge in [0.25, 0.3) is 15.9 Å².